The molecule has 1 rings (SSSR count). The Hall–Kier alpha value is -3.15. The summed E-state index contributed by atoms with van der Waals surface area (Å²) < 4.78 is 183. The van der Waals surface area contributed by atoms with Gasteiger partial charge in [0.1, 0.15) is 17.4 Å². The van der Waals surface area contributed by atoms with Crippen molar-refractivity contribution in [3.05, 3.63) is 23.3 Å². The zero-order chi connectivity index (χ0) is 36.6. The number of hydrogen-bond donors (Lipinski definition) is 1. The van der Waals surface area contributed by atoms with Crippen molar-refractivity contribution >= 4 is 17.7 Å². The predicted molar refractivity (Wildman–Crippen MR) is 138 cm³/mol. The van der Waals surface area contributed by atoms with Gasteiger partial charge in [0.25, 0.3) is 0 Å². The number of likely N-dealkylation sites (N-methyl/N-ethyl adjacent to an activating group) is 1. The molecule has 0 saturated carbocycles. The first-order valence-electron chi connectivity index (χ1n) is 13.2. The fourth-order valence-corrected chi connectivity index (χ4v) is 4.08. The van der Waals surface area contributed by atoms with Crippen molar-refractivity contribution in [2.75, 3.05) is 19.0 Å². The molecule has 0 radical (unpaired) electrons. The highest BCUT2D eigenvalue weighted by molar-refractivity contribution is 5.97. The minimum absolute atomic E-state index is 0.0358. The van der Waals surface area contributed by atoms with E-state index in [1.165, 1.54) is 33.0 Å². The van der Waals surface area contributed by atoms with Gasteiger partial charge in [0.15, 0.2) is 0 Å². The van der Waals surface area contributed by atoms with Crippen LogP contribution >= 0.6 is 0 Å². The average Bonchev–Trinajstić information content (AvgIpc) is 2.83. The first-order chi connectivity index (χ1) is 20.3. The number of benzene rings is 1. The lowest BCUT2D eigenvalue weighted by Gasteiger charge is -2.39. The molecule has 0 aliphatic rings. The van der Waals surface area contributed by atoms with Gasteiger partial charge >= 0.3 is 41.9 Å². The monoisotopic (exact) mass is 696 g/mol. The third-order valence-corrected chi connectivity index (χ3v) is 6.39. The van der Waals surface area contributed by atoms with E-state index < -0.39 is 78.4 Å². The highest BCUT2D eigenvalue weighted by Crippen LogP contribution is 2.60. The van der Waals surface area contributed by atoms with E-state index in [9.17, 15) is 66.7 Å². The van der Waals surface area contributed by atoms with Gasteiger partial charge in [-0.25, -0.2) is 4.79 Å². The molecular weight excluding hydrogens is 663 g/mol. The second kappa shape index (κ2) is 13.2. The van der Waals surface area contributed by atoms with Gasteiger partial charge in [-0.2, -0.15) is 57.1 Å². The van der Waals surface area contributed by atoms with Crippen LogP contribution in [-0.2, 0) is 9.53 Å². The highest BCUT2D eigenvalue weighted by Gasteiger charge is 2.90. The van der Waals surface area contributed by atoms with Crippen LogP contribution in [0.3, 0.4) is 0 Å². The summed E-state index contributed by atoms with van der Waals surface area (Å²) in [5.41, 5.74) is -0.733. The SMILES string of the molecule is Cc1cc(NC(=O)[C@H](C(C)C)N(C)C(=O)OC(C)(C)C)cc(C)c1OCCC(F)(F)C(F)(F)C(F)(F)C(F)(F)C(F)(F)C(F)(F)F. The molecule has 0 heterocycles. The number of ether oxygens (including phenoxy) is 2. The number of nitrogens with zero attached hydrogens (tertiary/aromatic N) is 1. The standard InChI is InChI=1S/C27H33F13N2O4/c1-13(2)17(42(8)20(44)46-21(5,6)7)19(43)41-16-11-14(3)18(15(4)12-16)45-10-9-22(28,29)23(30,31)24(32,33)25(34,35)26(36,37)27(38,39)40/h11-13,17H,9-10H2,1-8H3,(H,41,43)/t17-/m0/s1. The lowest BCUT2D eigenvalue weighted by atomic mass is 9.93. The van der Waals surface area contributed by atoms with Gasteiger partial charge in [0.2, 0.25) is 5.91 Å². The van der Waals surface area contributed by atoms with Gasteiger partial charge in [-0.05, 0) is 63.8 Å². The molecule has 0 fully saturated rings. The van der Waals surface area contributed by atoms with Crippen molar-refractivity contribution in [3.63, 3.8) is 0 Å². The molecule has 0 saturated heterocycles. The second-order valence-corrected chi connectivity index (χ2v) is 11.8. The molecule has 6 nitrogen and oxygen atoms in total. The first kappa shape index (κ1) is 40.9. The molecule has 0 bridgehead atoms. The normalized spacial score (nSPS) is 14.7. The third-order valence-electron chi connectivity index (χ3n) is 6.39. The average molecular weight is 697 g/mol. The largest absolute Gasteiger partial charge is 0.493 e. The first-order valence-corrected chi connectivity index (χ1v) is 13.2. The Labute approximate surface area is 255 Å². The molecule has 266 valence electrons. The lowest BCUT2D eigenvalue weighted by Crippen LogP contribution is -2.70. The summed E-state index contributed by atoms with van der Waals surface area (Å²) in [6, 6.07) is 1.34. The van der Waals surface area contributed by atoms with Crippen LogP contribution < -0.4 is 10.1 Å². The highest BCUT2D eigenvalue weighted by atomic mass is 19.4. The number of carbonyl (C=O) groups is 2. The molecular formula is C27H33F13N2O4. The molecule has 1 N–H and O–H groups in total. The maximum atomic E-state index is 14.1. The van der Waals surface area contributed by atoms with Gasteiger partial charge in [0, 0.05) is 12.7 Å². The van der Waals surface area contributed by atoms with E-state index >= 15 is 0 Å². The van der Waals surface area contributed by atoms with Crippen LogP contribution in [0, 0.1) is 19.8 Å². The summed E-state index contributed by atoms with van der Waals surface area (Å²) in [5.74, 6) is -38.8. The number of rotatable bonds is 12. The molecule has 0 aliphatic heterocycles. The molecule has 0 aromatic heterocycles. The summed E-state index contributed by atoms with van der Waals surface area (Å²) in [5, 5.41) is 2.53. The number of carbonyl (C=O) groups excluding carboxylic acids is 2. The van der Waals surface area contributed by atoms with Crippen molar-refractivity contribution in [2.24, 2.45) is 5.92 Å². The molecule has 1 aromatic rings. The summed E-state index contributed by atoms with van der Waals surface area (Å²) in [4.78, 5) is 26.6. The Balaban J connectivity index is 3.16. The molecule has 1 aromatic carbocycles. The number of nitrogens with one attached hydrogen (secondary N) is 1. The van der Waals surface area contributed by atoms with Gasteiger partial charge in [-0.15, -0.1) is 0 Å². The van der Waals surface area contributed by atoms with E-state index in [1.807, 2.05) is 0 Å². The molecule has 46 heavy (non-hydrogen) atoms. The molecule has 2 amide bonds. The minimum atomic E-state index is -7.98. The van der Waals surface area contributed by atoms with E-state index in [2.05, 4.69) is 5.32 Å². The fraction of sp³-hybridized carbons (Fsp3) is 0.704. The molecule has 0 spiro atoms. The van der Waals surface area contributed by atoms with Crippen molar-refractivity contribution in [3.8, 4) is 5.75 Å². The van der Waals surface area contributed by atoms with Crippen LogP contribution in [-0.4, -0.2) is 78.0 Å². The Morgan fingerprint density at radius 2 is 1.22 bits per heavy atom. The van der Waals surface area contributed by atoms with E-state index in [0.717, 1.165) is 4.90 Å². The van der Waals surface area contributed by atoms with Crippen LogP contribution in [0.5, 0.6) is 5.75 Å². The predicted octanol–water partition coefficient (Wildman–Crippen LogP) is 8.64. The second-order valence-electron chi connectivity index (χ2n) is 11.8. The van der Waals surface area contributed by atoms with Crippen molar-refractivity contribution < 1.29 is 76.1 Å². The van der Waals surface area contributed by atoms with Gasteiger partial charge < -0.3 is 14.8 Å². The Kier molecular flexibility index (Phi) is 11.7. The van der Waals surface area contributed by atoms with E-state index in [0.29, 0.717) is 0 Å². The Bertz CT molecular complexity index is 1240. The van der Waals surface area contributed by atoms with Crippen molar-refractivity contribution in [1.29, 1.82) is 0 Å². The number of aryl methyl sites for hydroxylation is 2. The van der Waals surface area contributed by atoms with Crippen LogP contribution in [0.2, 0.25) is 0 Å². The lowest BCUT2D eigenvalue weighted by molar-refractivity contribution is -0.440. The number of anilines is 1. The molecule has 0 unspecified atom stereocenters. The summed E-state index contributed by atoms with van der Waals surface area (Å²) in [6.07, 6.45) is -10.8. The van der Waals surface area contributed by atoms with Gasteiger partial charge in [0.05, 0.1) is 13.0 Å². The van der Waals surface area contributed by atoms with Crippen LogP contribution in [0.25, 0.3) is 0 Å². The van der Waals surface area contributed by atoms with E-state index in [1.54, 1.807) is 34.6 Å². The van der Waals surface area contributed by atoms with Gasteiger partial charge in [-0.1, -0.05) is 13.8 Å². The van der Waals surface area contributed by atoms with Crippen LogP contribution in [0.4, 0.5) is 67.6 Å². The van der Waals surface area contributed by atoms with Crippen LogP contribution in [0.1, 0.15) is 52.2 Å². The Morgan fingerprint density at radius 3 is 1.61 bits per heavy atom. The summed E-state index contributed by atoms with van der Waals surface area (Å²) >= 11 is 0. The number of alkyl halides is 13. The zero-order valence-corrected chi connectivity index (χ0v) is 25.7. The van der Waals surface area contributed by atoms with Crippen molar-refractivity contribution in [1.82, 2.24) is 4.90 Å². The summed E-state index contributed by atoms with van der Waals surface area (Å²) in [7, 11) is 1.32. The number of amides is 2. The molecule has 1 atom stereocenters. The number of hydrogen-bond acceptors (Lipinski definition) is 4. The van der Waals surface area contributed by atoms with E-state index in [-0.39, 0.29) is 22.6 Å². The maximum Gasteiger partial charge on any atom is 0.460 e. The smallest absolute Gasteiger partial charge is 0.460 e. The molecule has 19 heteroatoms. The maximum absolute atomic E-state index is 14.1. The number of halogens is 13. The summed E-state index contributed by atoms with van der Waals surface area (Å²) in [6.45, 7) is 9.02. The van der Waals surface area contributed by atoms with E-state index in [4.69, 9.17) is 9.47 Å². The molecule has 0 aliphatic carbocycles. The fourth-order valence-electron chi connectivity index (χ4n) is 4.08. The third kappa shape index (κ3) is 8.04. The minimum Gasteiger partial charge on any atom is -0.493 e. The van der Waals surface area contributed by atoms with Gasteiger partial charge in [-0.3, -0.25) is 9.69 Å². The van der Waals surface area contributed by atoms with Crippen LogP contribution in [0.15, 0.2) is 12.1 Å². The van der Waals surface area contributed by atoms with Crippen molar-refractivity contribution in [2.45, 2.75) is 102 Å². The topological polar surface area (TPSA) is 67.9 Å². The quantitative estimate of drug-likeness (QED) is 0.222. The zero-order valence-electron chi connectivity index (χ0n) is 25.7. The Morgan fingerprint density at radius 1 is 0.783 bits per heavy atom.